The summed E-state index contributed by atoms with van der Waals surface area (Å²) in [6, 6.07) is 7.88. The topological polar surface area (TPSA) is 146 Å². The van der Waals surface area contributed by atoms with Gasteiger partial charge in [-0.3, -0.25) is 0 Å². The van der Waals surface area contributed by atoms with Crippen LogP contribution in [-0.4, -0.2) is 97.5 Å². The van der Waals surface area contributed by atoms with Crippen molar-refractivity contribution in [1.82, 2.24) is 29.6 Å². The molecule has 3 atom stereocenters. The molecule has 0 bridgehead atoms. The maximum Gasteiger partial charge on any atom is 0.419 e. The van der Waals surface area contributed by atoms with Gasteiger partial charge in [0.25, 0.3) is 0 Å². The Balaban J connectivity index is 0.000000258. The maximum atomic E-state index is 14.9. The first-order chi connectivity index (χ1) is 29.3. The average molecular weight is 915 g/mol. The molecule has 63 heavy (non-hydrogen) atoms. The van der Waals surface area contributed by atoms with Crippen LogP contribution in [0.1, 0.15) is 83.1 Å². The highest BCUT2D eigenvalue weighted by atomic mass is 32.2. The van der Waals surface area contributed by atoms with E-state index in [1.165, 1.54) is 0 Å². The first-order valence-electron chi connectivity index (χ1n) is 20.0. The second kappa shape index (κ2) is 19.1. The molecule has 6 rings (SSSR count). The Morgan fingerprint density at radius 3 is 1.48 bits per heavy atom. The number of nitrogens with zero attached hydrogens (tertiary/aromatic N) is 7. The van der Waals surface area contributed by atoms with Gasteiger partial charge >= 0.3 is 18.4 Å². The molecular weight excluding hydrogens is 863 g/mol. The van der Waals surface area contributed by atoms with E-state index in [4.69, 9.17) is 10.5 Å². The van der Waals surface area contributed by atoms with Gasteiger partial charge in [0.05, 0.1) is 0 Å². The van der Waals surface area contributed by atoms with Crippen molar-refractivity contribution in [2.45, 2.75) is 94.6 Å². The second-order valence-corrected chi connectivity index (χ2v) is 19.1. The largest absolute Gasteiger partial charge is 0.444 e. The van der Waals surface area contributed by atoms with E-state index in [2.05, 4.69) is 24.7 Å². The number of rotatable bonds is 8. The molecule has 0 aliphatic carbocycles. The van der Waals surface area contributed by atoms with Crippen molar-refractivity contribution in [1.29, 1.82) is 0 Å². The van der Waals surface area contributed by atoms with Gasteiger partial charge in [0.1, 0.15) is 17.2 Å². The van der Waals surface area contributed by atoms with Crippen LogP contribution in [0.5, 0.6) is 0 Å². The lowest BCUT2D eigenvalue weighted by molar-refractivity contribution is -0.182. The molecule has 1 unspecified atom stereocenters. The highest BCUT2D eigenvalue weighted by Gasteiger charge is 2.63. The number of ether oxygens (including phenoxy) is 1. The summed E-state index contributed by atoms with van der Waals surface area (Å²) in [4.78, 5) is 34.2. The summed E-state index contributed by atoms with van der Waals surface area (Å²) >= 11 is -1.91. The molecule has 344 valence electrons. The van der Waals surface area contributed by atoms with Gasteiger partial charge in [-0.25, -0.2) is 33.5 Å². The number of aromatic nitrogens is 4. The fourth-order valence-corrected chi connectivity index (χ4v) is 7.70. The minimum Gasteiger partial charge on any atom is -0.444 e. The molecular formula is C42H52F8N9O3S+. The molecule has 2 aromatic heterocycles. The Hall–Kier alpha value is -4.86. The number of carbonyl (C=O) groups is 1. The van der Waals surface area contributed by atoms with E-state index in [0.717, 1.165) is 106 Å². The molecule has 2 saturated heterocycles. The number of benzene rings is 2. The molecule has 1 amide bonds. The number of amides is 1. The van der Waals surface area contributed by atoms with Gasteiger partial charge in [-0.15, -0.1) is 0 Å². The van der Waals surface area contributed by atoms with E-state index < -0.39 is 62.9 Å². The van der Waals surface area contributed by atoms with Crippen LogP contribution in [0.4, 0.5) is 51.8 Å². The number of halogens is 8. The molecule has 12 nitrogen and oxygen atoms in total. The number of hydrogen-bond donors (Lipinski definition) is 3. The molecule has 21 heteroatoms. The zero-order valence-electron chi connectivity index (χ0n) is 35.7. The van der Waals surface area contributed by atoms with Crippen molar-refractivity contribution < 1.29 is 49.2 Å². The average Bonchev–Trinajstić information content (AvgIpc) is 3.22. The molecule has 4 aromatic rings. The van der Waals surface area contributed by atoms with E-state index in [9.17, 15) is 44.5 Å². The predicted molar refractivity (Wildman–Crippen MR) is 224 cm³/mol. The number of anilines is 2. The first-order valence-corrected chi connectivity index (χ1v) is 21.2. The molecule has 2 aromatic carbocycles. The molecule has 2 fully saturated rings. The van der Waals surface area contributed by atoms with Gasteiger partial charge in [-0.1, -0.05) is 29.0 Å². The highest BCUT2D eigenvalue weighted by molar-refractivity contribution is 7.90. The monoisotopic (exact) mass is 914 g/mol. The van der Waals surface area contributed by atoms with Gasteiger partial charge in [0.2, 0.25) is 28.8 Å². The zero-order valence-corrected chi connectivity index (χ0v) is 36.5. The lowest BCUT2D eigenvalue weighted by atomic mass is 9.84. The molecule has 0 radical (unpaired) electrons. The number of nitrogens with two attached hydrogens (primary N) is 1. The van der Waals surface area contributed by atoms with E-state index in [1.807, 2.05) is 4.90 Å². The fraction of sp³-hybridized carbons (Fsp3) is 0.500. The molecule has 2 aliphatic rings. The molecule has 4 N–H and O–H groups in total. The summed E-state index contributed by atoms with van der Waals surface area (Å²) < 4.78 is 130. The van der Waals surface area contributed by atoms with E-state index in [0.29, 0.717) is 32.1 Å². The van der Waals surface area contributed by atoms with Crippen molar-refractivity contribution in [3.8, 4) is 0 Å². The summed E-state index contributed by atoms with van der Waals surface area (Å²) in [5.74, 6) is -0.732. The van der Waals surface area contributed by atoms with Crippen LogP contribution in [0.2, 0.25) is 0 Å². The summed E-state index contributed by atoms with van der Waals surface area (Å²) in [6.45, 7) is 13.1. The third-order valence-electron chi connectivity index (χ3n) is 10.3. The number of nitrogens with one attached hydrogen (secondary N) is 1. The van der Waals surface area contributed by atoms with Gasteiger partial charge in [0, 0.05) is 75.2 Å². The number of piperidine rings is 1. The van der Waals surface area contributed by atoms with E-state index >= 15 is 0 Å². The number of alkyl halides is 6. The number of piperazine rings is 1. The Morgan fingerprint density at radius 1 is 0.635 bits per heavy atom. The van der Waals surface area contributed by atoms with Crippen LogP contribution in [0.15, 0.2) is 73.3 Å². The highest BCUT2D eigenvalue weighted by Crippen LogP contribution is 2.46. The molecule has 0 spiro atoms. The van der Waals surface area contributed by atoms with Crippen molar-refractivity contribution in [3.63, 3.8) is 0 Å². The van der Waals surface area contributed by atoms with Crippen molar-refractivity contribution >= 4 is 29.4 Å². The van der Waals surface area contributed by atoms with Crippen molar-refractivity contribution in [2.75, 3.05) is 49.1 Å². The maximum absolute atomic E-state index is 14.9. The molecule has 4 heterocycles. The smallest absolute Gasteiger partial charge is 0.419 e. The van der Waals surface area contributed by atoms with Crippen molar-refractivity contribution in [3.05, 3.63) is 107 Å². The van der Waals surface area contributed by atoms with Crippen LogP contribution in [-0.2, 0) is 27.2 Å². The fourth-order valence-electron chi connectivity index (χ4n) is 6.75. The predicted octanol–water partition coefficient (Wildman–Crippen LogP) is 8.24. The molecule has 0 saturated carbocycles. The summed E-state index contributed by atoms with van der Waals surface area (Å²) in [5.41, 5.74) is -1.81. The Labute approximate surface area is 364 Å². The quantitative estimate of drug-likeness (QED) is 0.116. The summed E-state index contributed by atoms with van der Waals surface area (Å²) in [7, 11) is 0. The number of hydrogen-bond acceptors (Lipinski definition) is 11. The van der Waals surface area contributed by atoms with Crippen LogP contribution in [0, 0.1) is 11.6 Å². The number of carbonyl (C=O) groups excluding carboxylic acids is 1. The van der Waals surface area contributed by atoms with Crippen molar-refractivity contribution in [2.24, 2.45) is 5.73 Å². The standard InChI is InChI=1S/C25H34F4N5O3S.C17H18F4N4/c1-22(2,3)37-21(35)34-13-11-33(12-14-34)20-30-15-18(16-31-20)24(25(27,28)29,32-38(36)23(4,5)6)17-7-9-19(26)10-8-17;18-14-6-4-12(5-7-14)16(22,17(19,20)21)13-10-23-15(24-11-13)25-8-2-1-3-9-25/h7-10,15-16,32,36H,11-14H2,1-6H3;4-7,10-11H,1-3,8-9,22H2/q+1;/t24-,38?;16-/m00/s1. The SMILES string of the molecule is CC(C)(C)OC(=O)N1CCN(c2ncc([C@@](N[S+](O)C(C)(C)C)(c3ccc(F)cc3)C(F)(F)F)cn2)CC1.N[C@@](c1ccc(F)cc1)(c1cnc(N2CCCCC2)nc1)C(F)(F)F. The lowest BCUT2D eigenvalue weighted by Crippen LogP contribution is -2.59. The second-order valence-electron chi connectivity index (χ2n) is 17.1. The van der Waals surface area contributed by atoms with Gasteiger partial charge in [-0.2, -0.15) is 30.9 Å². The van der Waals surface area contributed by atoms with Crippen LogP contribution in [0.25, 0.3) is 0 Å². The van der Waals surface area contributed by atoms with Crippen LogP contribution >= 0.6 is 0 Å². The minimum absolute atomic E-state index is 0.201. The Bertz CT molecular complexity index is 2110. The normalized spacial score (nSPS) is 17.8. The third kappa shape index (κ3) is 11.5. The minimum atomic E-state index is -4.95. The molecule has 2 aliphatic heterocycles. The van der Waals surface area contributed by atoms with Gasteiger partial charge in [0.15, 0.2) is 10.3 Å². The third-order valence-corrected chi connectivity index (χ3v) is 12.0. The summed E-state index contributed by atoms with van der Waals surface area (Å²) in [6.07, 6.45) is -2.71. The lowest BCUT2D eigenvalue weighted by Gasteiger charge is -2.37. The summed E-state index contributed by atoms with van der Waals surface area (Å²) in [5, 5.41) is 0. The van der Waals surface area contributed by atoms with Gasteiger partial charge < -0.3 is 25.2 Å². The Kier molecular flexibility index (Phi) is 14.9. The van der Waals surface area contributed by atoms with Crippen LogP contribution < -0.4 is 20.3 Å². The van der Waals surface area contributed by atoms with Crippen LogP contribution in [0.3, 0.4) is 0 Å². The Morgan fingerprint density at radius 2 is 1.06 bits per heavy atom. The first kappa shape index (κ1) is 49.2. The van der Waals surface area contributed by atoms with E-state index in [-0.39, 0.29) is 28.2 Å². The zero-order chi connectivity index (χ0) is 46.6. The van der Waals surface area contributed by atoms with Gasteiger partial charge in [-0.05, 0) is 96.2 Å². The van der Waals surface area contributed by atoms with E-state index in [1.54, 1.807) is 51.3 Å².